The molecule has 0 fully saturated rings. The lowest BCUT2D eigenvalue weighted by molar-refractivity contribution is -0.112. The summed E-state index contributed by atoms with van der Waals surface area (Å²) in [5.41, 5.74) is 2.72. The quantitative estimate of drug-likeness (QED) is 0.333. The molecule has 1 amide bonds. The van der Waals surface area contributed by atoms with E-state index in [2.05, 4.69) is 20.8 Å². The van der Waals surface area contributed by atoms with Gasteiger partial charge in [-0.1, -0.05) is 0 Å². The van der Waals surface area contributed by atoms with Gasteiger partial charge in [0.2, 0.25) is 0 Å². The summed E-state index contributed by atoms with van der Waals surface area (Å²) in [6, 6.07) is 12.0. The number of carbonyl (C=O) groups is 1. The first-order chi connectivity index (χ1) is 12.1. The van der Waals surface area contributed by atoms with Crippen LogP contribution in [0.15, 0.2) is 54.4 Å². The topological polar surface area (TPSA) is 114 Å². The van der Waals surface area contributed by atoms with Crippen LogP contribution in [0.4, 0.5) is 11.4 Å². The molecule has 0 radical (unpaired) electrons. The lowest BCUT2D eigenvalue weighted by atomic mass is 10.2. The summed E-state index contributed by atoms with van der Waals surface area (Å²) < 4.78 is 0. The Bertz CT molecular complexity index is 1010. The van der Waals surface area contributed by atoms with Gasteiger partial charge in [0.1, 0.15) is 17.4 Å². The summed E-state index contributed by atoms with van der Waals surface area (Å²) in [6.45, 7) is 1.75. The van der Waals surface area contributed by atoms with Crippen LogP contribution in [0, 0.1) is 18.3 Å². The molecule has 0 unspecified atom stereocenters. The molecule has 3 aromatic rings. The second-order valence-corrected chi connectivity index (χ2v) is 5.44. The molecule has 0 atom stereocenters. The maximum absolute atomic E-state index is 12.3. The summed E-state index contributed by atoms with van der Waals surface area (Å²) in [5, 5.41) is 32.0. The van der Waals surface area contributed by atoms with Crippen LogP contribution in [0.3, 0.4) is 0 Å². The van der Waals surface area contributed by atoms with E-state index in [4.69, 9.17) is 0 Å². The Morgan fingerprint density at radius 2 is 2.16 bits per heavy atom. The number of anilines is 2. The monoisotopic (exact) mass is 333 g/mol. The zero-order chi connectivity index (χ0) is 17.8. The summed E-state index contributed by atoms with van der Waals surface area (Å²) in [6.07, 6.45) is 3.06. The number of hydrogen-bond donors (Lipinski definition) is 4. The predicted molar refractivity (Wildman–Crippen MR) is 94.9 cm³/mol. The van der Waals surface area contributed by atoms with Crippen LogP contribution < -0.4 is 10.6 Å². The second-order valence-electron chi connectivity index (χ2n) is 5.44. The fourth-order valence-corrected chi connectivity index (χ4v) is 2.31. The molecular weight excluding hydrogens is 318 g/mol. The van der Waals surface area contributed by atoms with Crippen molar-refractivity contribution >= 4 is 28.2 Å². The number of nitrogens with one attached hydrogen (secondary N) is 3. The Morgan fingerprint density at radius 1 is 1.32 bits per heavy atom. The number of aryl methyl sites for hydroxylation is 1. The number of H-pyrrole nitrogens is 1. The summed E-state index contributed by atoms with van der Waals surface area (Å²) in [5.74, 6) is -0.422. The molecule has 0 bridgehead atoms. The highest BCUT2D eigenvalue weighted by molar-refractivity contribution is 6.07. The molecule has 0 saturated carbocycles. The Labute approximate surface area is 143 Å². The number of aromatic hydroxyl groups is 1. The number of aromatic nitrogens is 2. The first-order valence-electron chi connectivity index (χ1n) is 7.48. The molecular formula is C18H15N5O2. The van der Waals surface area contributed by atoms with Gasteiger partial charge in [-0.25, -0.2) is 0 Å². The number of benzene rings is 2. The number of rotatable bonds is 4. The highest BCUT2D eigenvalue weighted by atomic mass is 16.3. The van der Waals surface area contributed by atoms with Crippen molar-refractivity contribution in [1.29, 1.82) is 5.26 Å². The average molecular weight is 333 g/mol. The minimum absolute atomic E-state index is 0.0721. The van der Waals surface area contributed by atoms with Crippen molar-refractivity contribution in [2.24, 2.45) is 0 Å². The van der Waals surface area contributed by atoms with Gasteiger partial charge in [-0.15, -0.1) is 0 Å². The van der Waals surface area contributed by atoms with Crippen LogP contribution in [0.1, 0.15) is 5.56 Å². The first kappa shape index (κ1) is 16.1. The SMILES string of the molecule is Cc1cc(O)ccc1NC(=O)/C(C#N)=C\Nc1ccc2cn[nH]c2c1. The predicted octanol–water partition coefficient (Wildman–Crippen LogP) is 3.04. The normalized spacial score (nSPS) is 11.1. The van der Waals surface area contributed by atoms with E-state index in [1.807, 2.05) is 24.3 Å². The average Bonchev–Trinajstić information content (AvgIpc) is 3.05. The standard InChI is InChI=1S/C18H15N5O2/c1-11-6-15(24)4-5-16(11)22-18(25)13(8-19)9-20-14-3-2-12-10-21-23-17(12)7-14/h2-7,9-10,20,24H,1H3,(H,21,23)(H,22,25)/b13-9-. The molecule has 0 aliphatic rings. The van der Waals surface area contributed by atoms with Crippen molar-refractivity contribution in [3.8, 4) is 11.8 Å². The Balaban J connectivity index is 1.75. The van der Waals surface area contributed by atoms with Gasteiger partial charge >= 0.3 is 0 Å². The van der Waals surface area contributed by atoms with Crippen LogP contribution in [0.25, 0.3) is 10.9 Å². The second kappa shape index (κ2) is 6.76. The van der Waals surface area contributed by atoms with Crippen LogP contribution in [-0.2, 0) is 4.79 Å². The maximum Gasteiger partial charge on any atom is 0.267 e. The zero-order valence-electron chi connectivity index (χ0n) is 13.4. The molecule has 4 N–H and O–H groups in total. The van der Waals surface area contributed by atoms with E-state index in [9.17, 15) is 15.2 Å². The molecule has 1 heterocycles. The van der Waals surface area contributed by atoms with Crippen molar-refractivity contribution in [2.45, 2.75) is 6.92 Å². The number of phenols is 1. The van der Waals surface area contributed by atoms with Crippen molar-refractivity contribution in [3.63, 3.8) is 0 Å². The van der Waals surface area contributed by atoms with Gasteiger partial charge in [-0.05, 0) is 48.9 Å². The van der Waals surface area contributed by atoms with Gasteiger partial charge in [0.15, 0.2) is 0 Å². The summed E-state index contributed by atoms with van der Waals surface area (Å²) >= 11 is 0. The van der Waals surface area contributed by atoms with Crippen molar-refractivity contribution in [3.05, 3.63) is 59.9 Å². The van der Waals surface area contributed by atoms with Gasteiger partial charge < -0.3 is 15.7 Å². The van der Waals surface area contributed by atoms with E-state index in [1.165, 1.54) is 18.3 Å². The molecule has 1 aromatic heterocycles. The number of amides is 1. The Kier molecular flexibility index (Phi) is 4.35. The van der Waals surface area contributed by atoms with E-state index < -0.39 is 5.91 Å². The Hall–Kier alpha value is -3.79. The highest BCUT2D eigenvalue weighted by Gasteiger charge is 2.11. The lowest BCUT2D eigenvalue weighted by Gasteiger charge is -2.08. The molecule has 7 nitrogen and oxygen atoms in total. The number of phenolic OH excluding ortho intramolecular Hbond substituents is 1. The van der Waals surface area contributed by atoms with E-state index in [1.54, 1.807) is 19.2 Å². The van der Waals surface area contributed by atoms with E-state index in [-0.39, 0.29) is 11.3 Å². The fourth-order valence-electron chi connectivity index (χ4n) is 2.31. The molecule has 25 heavy (non-hydrogen) atoms. The number of fused-ring (bicyclic) bond motifs is 1. The van der Waals surface area contributed by atoms with Crippen molar-refractivity contribution in [2.75, 3.05) is 10.6 Å². The summed E-state index contributed by atoms with van der Waals surface area (Å²) in [4.78, 5) is 12.3. The molecule has 3 rings (SSSR count). The maximum atomic E-state index is 12.3. The van der Waals surface area contributed by atoms with Crippen LogP contribution in [-0.4, -0.2) is 21.2 Å². The van der Waals surface area contributed by atoms with Crippen molar-refractivity contribution in [1.82, 2.24) is 10.2 Å². The highest BCUT2D eigenvalue weighted by Crippen LogP contribution is 2.21. The minimum Gasteiger partial charge on any atom is -0.508 e. The van der Waals surface area contributed by atoms with Gasteiger partial charge in [-0.3, -0.25) is 9.89 Å². The first-order valence-corrected chi connectivity index (χ1v) is 7.48. The van der Waals surface area contributed by atoms with Crippen LogP contribution >= 0.6 is 0 Å². The van der Waals surface area contributed by atoms with Gasteiger partial charge in [0, 0.05) is 23.0 Å². The lowest BCUT2D eigenvalue weighted by Crippen LogP contribution is -2.15. The van der Waals surface area contributed by atoms with E-state index in [0.717, 1.165) is 16.6 Å². The molecule has 7 heteroatoms. The molecule has 0 aliphatic carbocycles. The largest absolute Gasteiger partial charge is 0.508 e. The molecule has 2 aromatic carbocycles. The smallest absolute Gasteiger partial charge is 0.267 e. The van der Waals surface area contributed by atoms with Gasteiger partial charge in [0.25, 0.3) is 5.91 Å². The minimum atomic E-state index is -0.536. The number of nitrogens with zero attached hydrogens (tertiary/aromatic N) is 2. The van der Waals surface area contributed by atoms with Crippen LogP contribution in [0.2, 0.25) is 0 Å². The fraction of sp³-hybridized carbons (Fsp3) is 0.0556. The molecule has 124 valence electrons. The number of hydrogen-bond acceptors (Lipinski definition) is 5. The van der Waals surface area contributed by atoms with E-state index in [0.29, 0.717) is 11.3 Å². The Morgan fingerprint density at radius 3 is 2.92 bits per heavy atom. The number of carbonyl (C=O) groups excluding carboxylic acids is 1. The van der Waals surface area contributed by atoms with Crippen LogP contribution in [0.5, 0.6) is 5.75 Å². The molecule has 0 aliphatic heterocycles. The van der Waals surface area contributed by atoms with Crippen molar-refractivity contribution < 1.29 is 9.90 Å². The number of aromatic amines is 1. The third-order valence-corrected chi connectivity index (χ3v) is 3.65. The summed E-state index contributed by atoms with van der Waals surface area (Å²) in [7, 11) is 0. The van der Waals surface area contributed by atoms with E-state index >= 15 is 0 Å². The zero-order valence-corrected chi connectivity index (χ0v) is 13.4. The van der Waals surface area contributed by atoms with Gasteiger partial charge in [0.05, 0.1) is 11.7 Å². The number of nitriles is 1. The van der Waals surface area contributed by atoms with Gasteiger partial charge in [-0.2, -0.15) is 10.4 Å². The third-order valence-electron chi connectivity index (χ3n) is 3.65. The molecule has 0 spiro atoms. The third kappa shape index (κ3) is 3.59. The molecule has 0 saturated heterocycles.